The molecule has 0 spiro atoms. The summed E-state index contributed by atoms with van der Waals surface area (Å²) < 4.78 is 24.9. The largest absolute Gasteiger partial charge is 0.494 e. The van der Waals surface area contributed by atoms with Crippen molar-refractivity contribution >= 4 is 38.0 Å². The first-order valence-corrected chi connectivity index (χ1v) is 22.6. The maximum atomic E-state index is 13.8. The summed E-state index contributed by atoms with van der Waals surface area (Å²) in [5.41, 5.74) is 2.71. The Bertz CT molecular complexity index is 2140. The highest BCUT2D eigenvalue weighted by Gasteiger charge is 2.34. The molecule has 0 fully saturated rings. The van der Waals surface area contributed by atoms with Gasteiger partial charge in [-0.05, 0) is 80.6 Å². The number of hydrogen-bond acceptors (Lipinski definition) is 9. The molecular weight excluding hydrogens is 820 g/mol. The summed E-state index contributed by atoms with van der Waals surface area (Å²) in [5.74, 6) is -0.656. The fourth-order valence-electron chi connectivity index (χ4n) is 6.95. The topological polar surface area (TPSA) is 158 Å². The molecule has 4 amide bonds. The van der Waals surface area contributed by atoms with E-state index in [2.05, 4.69) is 22.9 Å². The van der Waals surface area contributed by atoms with Gasteiger partial charge in [-0.25, -0.2) is 4.79 Å². The van der Waals surface area contributed by atoms with E-state index in [4.69, 9.17) is 23.0 Å². The Kier molecular flexibility index (Phi) is 18.7. The van der Waals surface area contributed by atoms with Gasteiger partial charge in [0, 0.05) is 10.9 Å². The second-order valence-electron chi connectivity index (χ2n) is 15.3. The molecule has 334 valence electrons. The number of carbonyl (C=O) groups excluding carboxylic acids is 4. The van der Waals surface area contributed by atoms with Crippen LogP contribution in [0.25, 0.3) is 11.3 Å². The van der Waals surface area contributed by atoms with Crippen molar-refractivity contribution < 1.29 is 42.2 Å². The van der Waals surface area contributed by atoms with Crippen molar-refractivity contribution in [3.05, 3.63) is 144 Å². The lowest BCUT2D eigenvalue weighted by molar-refractivity contribution is -0.169. The van der Waals surface area contributed by atoms with Gasteiger partial charge in [0.2, 0.25) is 20.7 Å². The fraction of sp³-hybridized carbons (Fsp3) is 0.347. The third-order valence-corrected chi connectivity index (χ3v) is 11.7. The number of benzene rings is 4. The number of amides is 4. The Morgan fingerprint density at radius 3 is 2.02 bits per heavy atom. The first-order valence-electron chi connectivity index (χ1n) is 21.4. The molecule has 13 nitrogen and oxygen atoms in total. The van der Waals surface area contributed by atoms with Gasteiger partial charge in [-0.3, -0.25) is 14.4 Å². The lowest BCUT2D eigenvalue weighted by Crippen LogP contribution is -2.51. The SMILES string of the molecule is CCCCCC(C(=O)NCNC(=O)c1ccc(-c2cc(OCC)cc(P(OCc3ccccc3)OCc3ccccc3)c2)o1)C(CC)N(C=O)OC(=O)NC(C)(C)c1ccccc1. The molecule has 14 heteroatoms. The van der Waals surface area contributed by atoms with Gasteiger partial charge >= 0.3 is 6.09 Å². The molecule has 0 aliphatic heterocycles. The van der Waals surface area contributed by atoms with Gasteiger partial charge in [-0.15, -0.1) is 0 Å². The van der Waals surface area contributed by atoms with Crippen molar-refractivity contribution in [3.63, 3.8) is 0 Å². The molecule has 1 aromatic heterocycles. The standard InChI is InChI=1S/C49H59N4O9P/c1-6-9-13-26-42(43(7-2)53(35-54)62-48(57)52-49(4,5)39-24-18-12-19-25-39)46(55)50-34-51-47(56)45-28-27-44(61-45)38-29-40(58-8-3)31-41(30-38)63(59-32-36-20-14-10-15-21-36)60-33-37-22-16-11-17-23-37/h10-12,14-25,27-31,35,42-43H,6-9,13,26,32-34H2,1-5H3,(H,50,55)(H,51,56)(H,52,57). The molecule has 3 N–H and O–H groups in total. The van der Waals surface area contributed by atoms with E-state index in [0.29, 0.717) is 62.6 Å². The monoisotopic (exact) mass is 878 g/mol. The average Bonchev–Trinajstić information content (AvgIpc) is 3.80. The van der Waals surface area contributed by atoms with Crippen molar-refractivity contribution in [1.82, 2.24) is 21.0 Å². The second kappa shape index (κ2) is 24.6. The maximum Gasteiger partial charge on any atom is 0.432 e. The van der Waals surface area contributed by atoms with Gasteiger partial charge in [0.15, 0.2) is 5.76 Å². The van der Waals surface area contributed by atoms with E-state index in [1.54, 1.807) is 12.1 Å². The van der Waals surface area contributed by atoms with Crippen molar-refractivity contribution in [2.45, 2.75) is 91.5 Å². The van der Waals surface area contributed by atoms with E-state index in [1.807, 2.05) is 137 Å². The summed E-state index contributed by atoms with van der Waals surface area (Å²) in [4.78, 5) is 58.1. The minimum Gasteiger partial charge on any atom is -0.494 e. The number of unbranched alkanes of at least 4 members (excludes halogenated alkanes) is 2. The number of carbonyl (C=O) groups is 4. The summed E-state index contributed by atoms with van der Waals surface area (Å²) in [6.45, 7) is 10.3. The van der Waals surface area contributed by atoms with E-state index in [-0.39, 0.29) is 12.4 Å². The van der Waals surface area contributed by atoms with Crippen molar-refractivity contribution in [1.29, 1.82) is 0 Å². The van der Waals surface area contributed by atoms with Crippen LogP contribution in [0.1, 0.15) is 94.0 Å². The zero-order valence-corrected chi connectivity index (χ0v) is 37.6. The Hall–Kier alpha value is -6.01. The molecule has 2 atom stereocenters. The zero-order valence-electron chi connectivity index (χ0n) is 36.7. The average molecular weight is 879 g/mol. The summed E-state index contributed by atoms with van der Waals surface area (Å²) in [5, 5.41) is 9.99. The van der Waals surface area contributed by atoms with Gasteiger partial charge in [0.05, 0.1) is 44.0 Å². The van der Waals surface area contributed by atoms with E-state index >= 15 is 0 Å². The van der Waals surface area contributed by atoms with Crippen LogP contribution in [0.2, 0.25) is 0 Å². The van der Waals surface area contributed by atoms with E-state index in [0.717, 1.165) is 39.9 Å². The minimum atomic E-state index is -1.59. The van der Waals surface area contributed by atoms with Gasteiger partial charge in [-0.2, -0.15) is 5.06 Å². The van der Waals surface area contributed by atoms with Gasteiger partial charge in [-0.1, -0.05) is 124 Å². The number of hydrogen-bond donors (Lipinski definition) is 3. The molecule has 1 heterocycles. The molecule has 0 saturated carbocycles. The van der Waals surface area contributed by atoms with E-state index in [1.165, 1.54) is 0 Å². The first kappa shape index (κ1) is 48.0. The van der Waals surface area contributed by atoms with Gasteiger partial charge in [0.25, 0.3) is 5.91 Å². The van der Waals surface area contributed by atoms with Crippen LogP contribution in [0.5, 0.6) is 5.75 Å². The minimum absolute atomic E-state index is 0.0291. The van der Waals surface area contributed by atoms with Crippen molar-refractivity contribution in [2.24, 2.45) is 5.92 Å². The predicted octanol–water partition coefficient (Wildman–Crippen LogP) is 9.53. The number of nitrogens with zero attached hydrogens (tertiary/aromatic N) is 1. The normalized spacial score (nSPS) is 12.2. The van der Waals surface area contributed by atoms with Crippen LogP contribution in [-0.4, -0.2) is 48.7 Å². The first-order chi connectivity index (χ1) is 30.5. The lowest BCUT2D eigenvalue weighted by Gasteiger charge is -2.33. The molecule has 2 unspecified atom stereocenters. The third kappa shape index (κ3) is 14.5. The Morgan fingerprint density at radius 1 is 0.794 bits per heavy atom. The maximum absolute atomic E-state index is 13.8. The van der Waals surface area contributed by atoms with Crippen LogP contribution in [-0.2, 0) is 42.2 Å². The highest BCUT2D eigenvalue weighted by molar-refractivity contribution is 7.56. The predicted molar refractivity (Wildman–Crippen MR) is 244 cm³/mol. The molecular formula is C49H59N4O9P. The summed E-state index contributed by atoms with van der Waals surface area (Å²) in [6, 6.07) is 37.2. The molecule has 5 aromatic rings. The smallest absolute Gasteiger partial charge is 0.432 e. The third-order valence-electron chi connectivity index (χ3n) is 10.3. The summed E-state index contributed by atoms with van der Waals surface area (Å²) in [6.07, 6.45) is 2.83. The number of ether oxygens (including phenoxy) is 1. The summed E-state index contributed by atoms with van der Waals surface area (Å²) >= 11 is 0. The van der Waals surface area contributed by atoms with Crippen LogP contribution in [0, 0.1) is 5.92 Å². The zero-order chi connectivity index (χ0) is 45.0. The number of rotatable bonds is 25. The number of furan rings is 1. The van der Waals surface area contributed by atoms with Crippen LogP contribution in [0.4, 0.5) is 4.79 Å². The van der Waals surface area contributed by atoms with Crippen LogP contribution < -0.4 is 26.0 Å². The van der Waals surface area contributed by atoms with Crippen LogP contribution in [0.3, 0.4) is 0 Å². The quantitative estimate of drug-likeness (QED) is 0.0171. The Morgan fingerprint density at radius 2 is 1.43 bits per heavy atom. The molecule has 5 rings (SSSR count). The molecule has 0 bridgehead atoms. The van der Waals surface area contributed by atoms with Crippen LogP contribution in [0.15, 0.2) is 126 Å². The molecule has 63 heavy (non-hydrogen) atoms. The fourth-order valence-corrected chi connectivity index (χ4v) is 8.33. The van der Waals surface area contributed by atoms with Gasteiger partial charge < -0.3 is 39.0 Å². The van der Waals surface area contributed by atoms with Crippen LogP contribution >= 0.6 is 8.38 Å². The highest BCUT2D eigenvalue weighted by Crippen LogP contribution is 2.42. The molecule has 0 radical (unpaired) electrons. The number of hydroxylamine groups is 2. The molecule has 0 aliphatic carbocycles. The molecule has 0 saturated heterocycles. The summed E-state index contributed by atoms with van der Waals surface area (Å²) in [7, 11) is -1.59. The van der Waals surface area contributed by atoms with Gasteiger partial charge in [0.1, 0.15) is 11.5 Å². The molecule has 4 aromatic carbocycles. The van der Waals surface area contributed by atoms with Crippen molar-refractivity contribution in [2.75, 3.05) is 13.3 Å². The molecule has 0 aliphatic rings. The Balaban J connectivity index is 1.25. The lowest BCUT2D eigenvalue weighted by atomic mass is 9.90. The second-order valence-corrected chi connectivity index (χ2v) is 16.9. The number of nitrogens with one attached hydrogen (secondary N) is 3. The Labute approximate surface area is 371 Å². The van der Waals surface area contributed by atoms with E-state index in [9.17, 15) is 19.2 Å². The van der Waals surface area contributed by atoms with Crippen molar-refractivity contribution in [3.8, 4) is 17.1 Å². The van der Waals surface area contributed by atoms with E-state index < -0.39 is 43.8 Å². The highest BCUT2D eigenvalue weighted by atomic mass is 31.2.